The predicted octanol–water partition coefficient (Wildman–Crippen LogP) is 5.76. The van der Waals surface area contributed by atoms with Crippen LogP contribution < -0.4 is 5.32 Å². The lowest BCUT2D eigenvalue weighted by molar-refractivity contribution is -0.127. The summed E-state index contributed by atoms with van der Waals surface area (Å²) >= 11 is 0. The first-order chi connectivity index (χ1) is 19.5. The lowest BCUT2D eigenvalue weighted by Crippen LogP contribution is -2.54. The van der Waals surface area contributed by atoms with E-state index in [-0.39, 0.29) is 11.8 Å². The zero-order valence-electron chi connectivity index (χ0n) is 21.9. The maximum atomic E-state index is 14.0. The van der Waals surface area contributed by atoms with Crippen molar-refractivity contribution in [2.24, 2.45) is 5.41 Å². The number of hydrogen-bond donors (Lipinski definition) is 2. The van der Waals surface area contributed by atoms with Gasteiger partial charge in [-0.05, 0) is 64.9 Å². The number of hydrogen-bond acceptors (Lipinski definition) is 5. The maximum absolute atomic E-state index is 14.0. The highest BCUT2D eigenvalue weighted by Gasteiger charge is 2.61. The van der Waals surface area contributed by atoms with Crippen molar-refractivity contribution in [3.05, 3.63) is 131 Å². The Balaban J connectivity index is 1.14. The van der Waals surface area contributed by atoms with Gasteiger partial charge in [-0.25, -0.2) is 4.98 Å². The van der Waals surface area contributed by atoms with E-state index in [1.165, 1.54) is 0 Å². The summed E-state index contributed by atoms with van der Waals surface area (Å²) in [5, 5.41) is 13.6. The van der Waals surface area contributed by atoms with Crippen molar-refractivity contribution < 1.29 is 4.79 Å². The smallest absolute Gasteiger partial charge is 0.233 e. The molecule has 0 aliphatic heterocycles. The fraction of sp³-hybridized carbons (Fsp3) is 0.182. The third-order valence-electron chi connectivity index (χ3n) is 8.48. The Kier molecular flexibility index (Phi) is 5.39. The van der Waals surface area contributed by atoms with Crippen molar-refractivity contribution in [3.63, 3.8) is 0 Å². The molecule has 3 unspecified atom stereocenters. The largest absolute Gasteiger partial charge is 0.330 e. The number of fused-ring (bicyclic) bond motifs is 1. The molecule has 0 fully saturated rings. The van der Waals surface area contributed by atoms with Gasteiger partial charge in [0.15, 0.2) is 0 Å². The van der Waals surface area contributed by atoms with Crippen LogP contribution in [0.1, 0.15) is 52.9 Å². The highest BCUT2D eigenvalue weighted by atomic mass is 16.2. The molecule has 3 atom stereocenters. The number of pyridine rings is 2. The number of nitrogens with one attached hydrogen (secondary N) is 2. The van der Waals surface area contributed by atoms with Crippen molar-refractivity contribution >= 4 is 11.9 Å². The van der Waals surface area contributed by atoms with Gasteiger partial charge < -0.3 is 4.98 Å². The topological polar surface area (TPSA) is 107 Å². The first-order valence-corrected chi connectivity index (χ1v) is 13.3. The van der Waals surface area contributed by atoms with Crippen molar-refractivity contribution in [2.45, 2.75) is 31.1 Å². The van der Waals surface area contributed by atoms with E-state index in [1.807, 2.05) is 61.7 Å². The molecule has 2 N–H and O–H groups in total. The zero-order valence-corrected chi connectivity index (χ0v) is 21.9. The lowest BCUT2D eigenvalue weighted by Gasteiger charge is -2.53. The van der Waals surface area contributed by atoms with Crippen molar-refractivity contribution in [1.82, 2.24) is 19.9 Å². The Morgan fingerprint density at radius 3 is 2.55 bits per heavy atom. The molecule has 194 valence electrons. The first-order valence-electron chi connectivity index (χ1n) is 13.3. The molecular formula is C33H26N6O. The van der Waals surface area contributed by atoms with E-state index in [0.29, 0.717) is 18.8 Å². The minimum absolute atomic E-state index is 0.163. The molecule has 7 nitrogen and oxygen atoms in total. The number of imidazole rings is 1. The molecule has 3 aliphatic rings. The molecule has 3 aliphatic carbocycles. The Morgan fingerprint density at radius 1 is 1.00 bits per heavy atom. The third kappa shape index (κ3) is 3.57. The normalized spacial score (nSPS) is 22.1. The zero-order chi connectivity index (χ0) is 27.3. The van der Waals surface area contributed by atoms with Crippen LogP contribution in [0.5, 0.6) is 0 Å². The maximum Gasteiger partial charge on any atom is 0.233 e. The number of rotatable bonds is 5. The van der Waals surface area contributed by atoms with E-state index in [4.69, 9.17) is 0 Å². The molecule has 2 aromatic carbocycles. The molecule has 0 saturated heterocycles. The summed E-state index contributed by atoms with van der Waals surface area (Å²) in [7, 11) is 0. The van der Waals surface area contributed by atoms with Crippen LogP contribution in [-0.4, -0.2) is 25.8 Å². The fourth-order valence-corrected chi connectivity index (χ4v) is 6.66. The molecule has 3 aromatic heterocycles. The minimum atomic E-state index is -0.981. The molecule has 40 heavy (non-hydrogen) atoms. The second-order valence-corrected chi connectivity index (χ2v) is 10.9. The van der Waals surface area contributed by atoms with Gasteiger partial charge in [0.2, 0.25) is 11.9 Å². The van der Waals surface area contributed by atoms with Gasteiger partial charge in [-0.15, -0.1) is 0 Å². The van der Waals surface area contributed by atoms with Gasteiger partial charge in [0.1, 0.15) is 5.41 Å². The highest BCUT2D eigenvalue weighted by molar-refractivity contribution is 5.96. The van der Waals surface area contributed by atoms with E-state index in [0.717, 1.165) is 44.8 Å². The van der Waals surface area contributed by atoms with Gasteiger partial charge in [0.25, 0.3) is 0 Å². The van der Waals surface area contributed by atoms with Crippen molar-refractivity contribution in [1.29, 1.82) is 5.26 Å². The molecule has 0 saturated carbocycles. The molecule has 0 radical (unpaired) electrons. The summed E-state index contributed by atoms with van der Waals surface area (Å²) < 4.78 is 0. The summed E-state index contributed by atoms with van der Waals surface area (Å²) in [6, 6.07) is 26.8. The van der Waals surface area contributed by atoms with Crippen LogP contribution >= 0.6 is 0 Å². The molecule has 8 rings (SSSR count). The predicted molar refractivity (Wildman–Crippen MR) is 151 cm³/mol. The van der Waals surface area contributed by atoms with Crippen molar-refractivity contribution in [3.8, 4) is 17.2 Å². The van der Waals surface area contributed by atoms with Crippen LogP contribution in [0.4, 0.5) is 5.95 Å². The second-order valence-electron chi connectivity index (χ2n) is 10.9. The number of nitriles is 1. The first kappa shape index (κ1) is 24.0. The Bertz CT molecular complexity index is 1740. The summed E-state index contributed by atoms with van der Waals surface area (Å²) in [6.45, 7) is 1.96. The molecule has 7 heteroatoms. The summed E-state index contributed by atoms with van der Waals surface area (Å²) in [5.74, 6) is 0.0292. The average Bonchev–Trinajstić information content (AvgIpc) is 3.44. The monoisotopic (exact) mass is 522 g/mol. The summed E-state index contributed by atoms with van der Waals surface area (Å²) in [4.78, 5) is 30.5. The quantitative estimate of drug-likeness (QED) is 0.305. The van der Waals surface area contributed by atoms with Crippen LogP contribution in [0.2, 0.25) is 0 Å². The fourth-order valence-electron chi connectivity index (χ4n) is 6.66. The van der Waals surface area contributed by atoms with Crippen LogP contribution in [0.25, 0.3) is 11.1 Å². The van der Waals surface area contributed by atoms with E-state index >= 15 is 0 Å². The number of aromatic nitrogens is 4. The Morgan fingerprint density at radius 2 is 1.75 bits per heavy atom. The summed E-state index contributed by atoms with van der Waals surface area (Å²) in [6.07, 6.45) is 8.12. The number of anilines is 1. The summed E-state index contributed by atoms with van der Waals surface area (Å²) in [5.41, 5.74) is 6.04. The Hall–Kier alpha value is -5.09. The van der Waals surface area contributed by atoms with Crippen LogP contribution in [0.3, 0.4) is 0 Å². The highest BCUT2D eigenvalue weighted by Crippen LogP contribution is 2.63. The van der Waals surface area contributed by atoms with E-state index in [2.05, 4.69) is 55.6 Å². The number of H-pyrrole nitrogens is 1. The van der Waals surface area contributed by atoms with Gasteiger partial charge >= 0.3 is 0 Å². The van der Waals surface area contributed by atoms with Gasteiger partial charge in [-0.2, -0.15) is 5.26 Å². The Labute approximate surface area is 232 Å². The standard InChI is InChI=1S/C33H26N6O/c1-32(19-33(20-34)27-7-3-2-5-25(27)28(32)26-6-4-14-36-29(26)33)30(40)39-31-37-18-24(38-31)17-21-8-10-22(11-9-21)23-12-15-35-16-13-23/h2-16,18,28H,17,19H2,1H3,(H2,37,38,39,40). The number of benzene rings is 2. The van der Waals surface area contributed by atoms with Gasteiger partial charge in [-0.3, -0.25) is 20.1 Å². The second kappa shape index (κ2) is 8.99. The van der Waals surface area contributed by atoms with Crippen molar-refractivity contribution in [2.75, 3.05) is 5.32 Å². The van der Waals surface area contributed by atoms with Crippen LogP contribution in [0.15, 0.2) is 97.6 Å². The van der Waals surface area contributed by atoms with Crippen LogP contribution in [0, 0.1) is 16.7 Å². The van der Waals surface area contributed by atoms with Gasteiger partial charge in [0.05, 0.1) is 22.9 Å². The molecule has 0 spiro atoms. The number of nitrogens with zero attached hydrogens (tertiary/aromatic N) is 4. The average molecular weight is 523 g/mol. The van der Waals surface area contributed by atoms with Crippen LogP contribution in [-0.2, 0) is 16.6 Å². The number of carbonyl (C=O) groups is 1. The van der Waals surface area contributed by atoms with Gasteiger partial charge in [0, 0.05) is 37.1 Å². The van der Waals surface area contributed by atoms with E-state index in [9.17, 15) is 10.1 Å². The lowest BCUT2D eigenvalue weighted by atomic mass is 9.48. The number of amides is 1. The molecule has 1 amide bonds. The SMILES string of the molecule is CC1(C(=O)Nc2nc(Cc3ccc(-c4ccncc4)cc3)c[nH]2)CC2(C#N)c3ccccc3C1c1cccnc12. The van der Waals surface area contributed by atoms with E-state index < -0.39 is 10.8 Å². The molecule has 5 aromatic rings. The molecular weight excluding hydrogens is 496 g/mol. The number of carbonyl (C=O) groups excluding carboxylic acids is 1. The minimum Gasteiger partial charge on any atom is -0.330 e. The van der Waals surface area contributed by atoms with Gasteiger partial charge in [-0.1, -0.05) is 54.6 Å². The third-order valence-corrected chi connectivity index (χ3v) is 8.48. The molecule has 2 bridgehead atoms. The van der Waals surface area contributed by atoms with E-state index in [1.54, 1.807) is 18.6 Å². The molecule has 3 heterocycles. The number of aromatic amines is 1.